The Morgan fingerprint density at radius 2 is 1.93 bits per heavy atom. The molecule has 2 heterocycles. The maximum atomic E-state index is 13.1. The highest BCUT2D eigenvalue weighted by Crippen LogP contribution is 2.38. The fraction of sp³-hybridized carbons (Fsp3) is 0.250. The monoisotopic (exact) mass is 429 g/mol. The van der Waals surface area contributed by atoms with Crippen molar-refractivity contribution in [1.82, 2.24) is 14.9 Å². The number of carbonyl (C=O) groups excluding carboxylic acids is 1. The third-order valence-electron chi connectivity index (χ3n) is 4.52. The van der Waals surface area contributed by atoms with E-state index < -0.39 is 5.25 Å². The number of benzene rings is 2. The standard InChI is InChI=1S/C20H20ClN5O2S/c1-3-28-16-10-4-13(5-11-16)17-18(29-20-24-23-12(2)26(20)25-17)19(27)22-15-8-6-14(21)7-9-15/h4-11,17-18,25H,3H2,1-2H3,(H,22,27)/t17-,18-/m1/s1. The molecule has 0 radical (unpaired) electrons. The molecule has 1 amide bonds. The van der Waals surface area contributed by atoms with Gasteiger partial charge in [0.1, 0.15) is 16.8 Å². The number of thioether (sulfide) groups is 1. The summed E-state index contributed by atoms with van der Waals surface area (Å²) in [5.41, 5.74) is 5.04. The lowest BCUT2D eigenvalue weighted by Crippen LogP contribution is -2.41. The molecule has 3 aromatic rings. The van der Waals surface area contributed by atoms with Gasteiger partial charge in [0.25, 0.3) is 0 Å². The number of hydrogen-bond acceptors (Lipinski definition) is 6. The number of aryl methyl sites for hydroxylation is 1. The van der Waals surface area contributed by atoms with E-state index in [1.54, 1.807) is 24.3 Å². The SMILES string of the molecule is CCOc1ccc([C@H]2Nn3c(C)nnc3S[C@H]2C(=O)Nc2ccc(Cl)cc2)cc1. The zero-order chi connectivity index (χ0) is 20.4. The van der Waals surface area contributed by atoms with Crippen LogP contribution in [0.15, 0.2) is 53.7 Å². The molecule has 0 aliphatic carbocycles. The lowest BCUT2D eigenvalue weighted by atomic mass is 10.0. The Kier molecular flexibility index (Phi) is 5.64. The van der Waals surface area contributed by atoms with E-state index >= 15 is 0 Å². The normalized spacial score (nSPS) is 17.9. The van der Waals surface area contributed by atoms with Gasteiger partial charge in [-0.05, 0) is 55.8 Å². The molecule has 0 unspecified atom stereocenters. The van der Waals surface area contributed by atoms with Crippen molar-refractivity contribution >= 4 is 35.0 Å². The van der Waals surface area contributed by atoms with E-state index in [1.807, 2.05) is 42.8 Å². The number of carbonyl (C=O) groups is 1. The second kappa shape index (κ2) is 8.34. The summed E-state index contributed by atoms with van der Waals surface area (Å²) in [7, 11) is 0. The number of anilines is 1. The van der Waals surface area contributed by atoms with Crippen molar-refractivity contribution in [2.24, 2.45) is 0 Å². The first-order valence-corrected chi connectivity index (χ1v) is 10.5. The van der Waals surface area contributed by atoms with E-state index in [0.717, 1.165) is 17.1 Å². The van der Waals surface area contributed by atoms with Gasteiger partial charge in [-0.1, -0.05) is 35.5 Å². The lowest BCUT2D eigenvalue weighted by molar-refractivity contribution is -0.116. The number of hydrogen-bond donors (Lipinski definition) is 2. The van der Waals surface area contributed by atoms with Crippen molar-refractivity contribution < 1.29 is 9.53 Å². The second-order valence-electron chi connectivity index (χ2n) is 6.51. The Balaban J connectivity index is 1.62. The highest BCUT2D eigenvalue weighted by Gasteiger charge is 2.37. The van der Waals surface area contributed by atoms with Gasteiger partial charge in [0, 0.05) is 10.7 Å². The van der Waals surface area contributed by atoms with Crippen LogP contribution in [-0.4, -0.2) is 32.6 Å². The molecule has 0 fully saturated rings. The van der Waals surface area contributed by atoms with Crippen molar-refractivity contribution in [3.05, 3.63) is 64.9 Å². The zero-order valence-electron chi connectivity index (χ0n) is 15.9. The smallest absolute Gasteiger partial charge is 0.240 e. The molecule has 29 heavy (non-hydrogen) atoms. The van der Waals surface area contributed by atoms with Crippen LogP contribution in [0.1, 0.15) is 24.4 Å². The first kappa shape index (κ1) is 19.6. The molecule has 9 heteroatoms. The number of rotatable bonds is 5. The minimum Gasteiger partial charge on any atom is -0.494 e. The van der Waals surface area contributed by atoms with Crippen LogP contribution in [0.3, 0.4) is 0 Å². The summed E-state index contributed by atoms with van der Waals surface area (Å²) in [6.45, 7) is 4.42. The van der Waals surface area contributed by atoms with Crippen LogP contribution in [0, 0.1) is 6.92 Å². The molecule has 2 atom stereocenters. The van der Waals surface area contributed by atoms with E-state index in [1.165, 1.54) is 11.8 Å². The fourth-order valence-electron chi connectivity index (χ4n) is 3.10. The van der Waals surface area contributed by atoms with E-state index in [2.05, 4.69) is 20.9 Å². The Hall–Kier alpha value is -2.71. The predicted molar refractivity (Wildman–Crippen MR) is 114 cm³/mol. The number of aromatic nitrogens is 3. The van der Waals surface area contributed by atoms with Crippen LogP contribution in [0.4, 0.5) is 5.69 Å². The van der Waals surface area contributed by atoms with Gasteiger partial charge in [0.2, 0.25) is 11.1 Å². The van der Waals surface area contributed by atoms with Gasteiger partial charge in [-0.25, -0.2) is 4.68 Å². The van der Waals surface area contributed by atoms with Gasteiger partial charge in [-0.15, -0.1) is 10.2 Å². The number of amides is 1. The topological polar surface area (TPSA) is 81.1 Å². The molecule has 7 nitrogen and oxygen atoms in total. The minimum atomic E-state index is -0.445. The number of fused-ring (bicyclic) bond motifs is 1. The van der Waals surface area contributed by atoms with Gasteiger partial charge in [0.05, 0.1) is 12.6 Å². The van der Waals surface area contributed by atoms with E-state index in [0.29, 0.717) is 22.5 Å². The summed E-state index contributed by atoms with van der Waals surface area (Å²) < 4.78 is 7.35. The molecular weight excluding hydrogens is 410 g/mol. The highest BCUT2D eigenvalue weighted by molar-refractivity contribution is 8.00. The third kappa shape index (κ3) is 4.18. The van der Waals surface area contributed by atoms with Gasteiger partial charge in [-0.3, -0.25) is 4.79 Å². The molecule has 0 saturated carbocycles. The highest BCUT2D eigenvalue weighted by atomic mass is 35.5. The third-order valence-corrected chi connectivity index (χ3v) is 5.99. The summed E-state index contributed by atoms with van der Waals surface area (Å²) in [4.78, 5) is 13.1. The first-order chi connectivity index (χ1) is 14.0. The Bertz CT molecular complexity index is 1010. The van der Waals surface area contributed by atoms with Crippen LogP contribution in [0.2, 0.25) is 5.02 Å². The molecule has 0 saturated heterocycles. The predicted octanol–water partition coefficient (Wildman–Crippen LogP) is 4.04. The summed E-state index contributed by atoms with van der Waals surface area (Å²) in [6.07, 6.45) is 0. The molecule has 1 aliphatic rings. The summed E-state index contributed by atoms with van der Waals surface area (Å²) in [5, 5.41) is 12.1. The van der Waals surface area contributed by atoms with Crippen molar-refractivity contribution in [2.75, 3.05) is 17.3 Å². The van der Waals surface area contributed by atoms with Gasteiger partial charge in [0.15, 0.2) is 0 Å². The second-order valence-corrected chi connectivity index (χ2v) is 8.05. The number of ether oxygens (including phenoxy) is 1. The van der Waals surface area contributed by atoms with Crippen LogP contribution >= 0.6 is 23.4 Å². The van der Waals surface area contributed by atoms with Crippen LogP contribution < -0.4 is 15.5 Å². The Labute approximate surface area is 177 Å². The number of nitrogens with one attached hydrogen (secondary N) is 2. The number of nitrogens with zero attached hydrogens (tertiary/aromatic N) is 3. The molecule has 1 aromatic heterocycles. The van der Waals surface area contributed by atoms with Crippen LogP contribution in [0.25, 0.3) is 0 Å². The van der Waals surface area contributed by atoms with Crippen molar-refractivity contribution in [2.45, 2.75) is 30.3 Å². The molecule has 4 rings (SSSR count). The van der Waals surface area contributed by atoms with Crippen molar-refractivity contribution in [3.63, 3.8) is 0 Å². The van der Waals surface area contributed by atoms with Crippen LogP contribution in [-0.2, 0) is 4.79 Å². The van der Waals surface area contributed by atoms with E-state index in [9.17, 15) is 4.79 Å². The maximum absolute atomic E-state index is 13.1. The fourth-order valence-corrected chi connectivity index (χ4v) is 4.35. The molecular formula is C20H20ClN5O2S. The molecule has 150 valence electrons. The lowest BCUT2D eigenvalue weighted by Gasteiger charge is -2.32. The molecule has 1 aliphatic heterocycles. The average Bonchev–Trinajstić information content (AvgIpc) is 3.10. The van der Waals surface area contributed by atoms with E-state index in [-0.39, 0.29) is 11.9 Å². The maximum Gasteiger partial charge on any atom is 0.240 e. The van der Waals surface area contributed by atoms with Crippen molar-refractivity contribution in [3.8, 4) is 5.75 Å². The summed E-state index contributed by atoms with van der Waals surface area (Å²) >= 11 is 7.32. The number of halogens is 1. The van der Waals surface area contributed by atoms with Gasteiger partial charge < -0.3 is 15.5 Å². The van der Waals surface area contributed by atoms with Crippen LogP contribution in [0.5, 0.6) is 5.75 Å². The van der Waals surface area contributed by atoms with Crippen molar-refractivity contribution in [1.29, 1.82) is 0 Å². The van der Waals surface area contributed by atoms with Gasteiger partial charge in [-0.2, -0.15) is 0 Å². The van der Waals surface area contributed by atoms with Gasteiger partial charge >= 0.3 is 0 Å². The zero-order valence-corrected chi connectivity index (χ0v) is 17.5. The largest absolute Gasteiger partial charge is 0.494 e. The average molecular weight is 430 g/mol. The molecule has 2 N–H and O–H groups in total. The summed E-state index contributed by atoms with van der Waals surface area (Å²) in [6, 6.07) is 14.5. The quantitative estimate of drug-likeness (QED) is 0.637. The Morgan fingerprint density at radius 3 is 2.62 bits per heavy atom. The summed E-state index contributed by atoms with van der Waals surface area (Å²) in [5.74, 6) is 1.40. The molecule has 0 spiro atoms. The van der Waals surface area contributed by atoms with E-state index in [4.69, 9.17) is 16.3 Å². The first-order valence-electron chi connectivity index (χ1n) is 9.19. The molecule has 0 bridgehead atoms. The Morgan fingerprint density at radius 1 is 1.21 bits per heavy atom. The molecule has 2 aromatic carbocycles. The minimum absolute atomic E-state index is 0.129.